The fourth-order valence-electron chi connectivity index (χ4n) is 1.76. The maximum atomic E-state index is 6.18. The second-order valence-electron chi connectivity index (χ2n) is 3.94. The number of benzene rings is 1. The Morgan fingerprint density at radius 1 is 1.39 bits per heavy atom. The quantitative estimate of drug-likeness (QED) is 0.671. The number of aryl methyl sites for hydroxylation is 1. The Balaban J connectivity index is 2.28. The van der Waals surface area contributed by atoms with Gasteiger partial charge in [0.25, 0.3) is 0 Å². The van der Waals surface area contributed by atoms with Crippen molar-refractivity contribution in [2.75, 3.05) is 0 Å². The van der Waals surface area contributed by atoms with Crippen LogP contribution in [0, 0.1) is 6.92 Å². The minimum Gasteiger partial charge on any atom is -0.271 e. The number of halogens is 2. The molecule has 0 amide bonds. The Kier molecular flexibility index (Phi) is 4.59. The van der Waals surface area contributed by atoms with Gasteiger partial charge >= 0.3 is 0 Å². The minimum absolute atomic E-state index is 0.142. The van der Waals surface area contributed by atoms with Crippen molar-refractivity contribution in [1.82, 2.24) is 10.4 Å². The molecule has 0 radical (unpaired) electrons. The molecule has 1 atom stereocenters. The highest BCUT2D eigenvalue weighted by Gasteiger charge is 2.18. The molecular weight excluding hydrogens is 289 g/mol. The molecule has 1 aromatic heterocycles. The zero-order valence-corrected chi connectivity index (χ0v) is 12.1. The third-order valence-electron chi connectivity index (χ3n) is 2.59. The summed E-state index contributed by atoms with van der Waals surface area (Å²) < 4.78 is 0. The van der Waals surface area contributed by atoms with E-state index in [2.05, 4.69) is 10.4 Å². The van der Waals surface area contributed by atoms with E-state index in [1.807, 2.05) is 18.4 Å². The van der Waals surface area contributed by atoms with Gasteiger partial charge in [0.05, 0.1) is 11.0 Å². The van der Waals surface area contributed by atoms with Crippen LogP contribution in [0.5, 0.6) is 0 Å². The zero-order valence-electron chi connectivity index (χ0n) is 9.78. The maximum Gasteiger partial charge on any atom is 0.0947 e. The second kappa shape index (κ2) is 5.99. The van der Waals surface area contributed by atoms with Gasteiger partial charge in [0.1, 0.15) is 0 Å². The van der Waals surface area contributed by atoms with Gasteiger partial charge < -0.3 is 0 Å². The number of aromatic nitrogens is 1. The summed E-state index contributed by atoms with van der Waals surface area (Å²) in [5.74, 6) is 5.61. The van der Waals surface area contributed by atoms with Crippen molar-refractivity contribution in [2.45, 2.75) is 19.4 Å². The zero-order chi connectivity index (χ0) is 13.1. The Hall–Kier alpha value is -0.650. The van der Waals surface area contributed by atoms with Crippen molar-refractivity contribution >= 4 is 34.5 Å². The maximum absolute atomic E-state index is 6.18. The van der Waals surface area contributed by atoms with Crippen molar-refractivity contribution in [2.24, 2.45) is 5.84 Å². The molecule has 0 fully saturated rings. The van der Waals surface area contributed by atoms with Crippen molar-refractivity contribution in [1.29, 1.82) is 0 Å². The molecule has 2 rings (SSSR count). The molecule has 18 heavy (non-hydrogen) atoms. The monoisotopic (exact) mass is 301 g/mol. The first-order valence-corrected chi connectivity index (χ1v) is 7.06. The normalized spacial score (nSPS) is 12.7. The first-order valence-electron chi connectivity index (χ1n) is 5.43. The van der Waals surface area contributed by atoms with Crippen LogP contribution in [-0.4, -0.2) is 4.98 Å². The van der Waals surface area contributed by atoms with E-state index in [0.717, 1.165) is 16.3 Å². The minimum atomic E-state index is -0.142. The highest BCUT2D eigenvalue weighted by Crippen LogP contribution is 2.32. The predicted molar refractivity (Wildman–Crippen MR) is 77.1 cm³/mol. The Morgan fingerprint density at radius 2 is 2.06 bits per heavy atom. The molecular formula is C12H13Cl2N3S. The van der Waals surface area contributed by atoms with Gasteiger partial charge in [-0.1, -0.05) is 29.3 Å². The van der Waals surface area contributed by atoms with E-state index in [0.29, 0.717) is 16.5 Å². The van der Waals surface area contributed by atoms with Crippen LogP contribution in [0.15, 0.2) is 23.6 Å². The Labute approximate surface area is 120 Å². The van der Waals surface area contributed by atoms with Crippen molar-refractivity contribution in [3.05, 3.63) is 49.9 Å². The van der Waals surface area contributed by atoms with Crippen LogP contribution in [0.2, 0.25) is 10.0 Å². The molecule has 0 spiro atoms. The fourth-order valence-corrected chi connectivity index (χ4v) is 3.24. The molecule has 3 nitrogen and oxygen atoms in total. The fraction of sp³-hybridized carbons (Fsp3) is 0.250. The average molecular weight is 302 g/mol. The summed E-state index contributed by atoms with van der Waals surface area (Å²) in [5, 5.41) is 4.24. The standard InChI is InChI=1S/C12H13Cl2N3S/c1-7-6-18-11(16-7)5-10(17-15)12-8(13)3-2-4-9(12)14/h2-4,6,10,17H,5,15H2,1H3. The third-order valence-corrected chi connectivity index (χ3v) is 4.24. The molecule has 6 heteroatoms. The topological polar surface area (TPSA) is 50.9 Å². The molecule has 96 valence electrons. The van der Waals surface area contributed by atoms with Crippen molar-refractivity contribution in [3.8, 4) is 0 Å². The lowest BCUT2D eigenvalue weighted by atomic mass is 10.0. The Morgan fingerprint density at radius 3 is 2.56 bits per heavy atom. The smallest absolute Gasteiger partial charge is 0.0947 e. The van der Waals surface area contributed by atoms with Gasteiger partial charge in [-0.15, -0.1) is 11.3 Å². The van der Waals surface area contributed by atoms with Gasteiger partial charge in [-0.3, -0.25) is 11.3 Å². The lowest BCUT2D eigenvalue weighted by Gasteiger charge is -2.17. The molecule has 1 unspecified atom stereocenters. The number of hydrazine groups is 1. The summed E-state index contributed by atoms with van der Waals surface area (Å²) in [6, 6.07) is 5.28. The third kappa shape index (κ3) is 3.02. The van der Waals surface area contributed by atoms with Gasteiger partial charge in [-0.25, -0.2) is 4.98 Å². The van der Waals surface area contributed by atoms with Crippen LogP contribution in [0.1, 0.15) is 22.3 Å². The first-order chi connectivity index (χ1) is 8.61. The van der Waals surface area contributed by atoms with Gasteiger partial charge in [0.15, 0.2) is 0 Å². The molecule has 2 aromatic rings. The van der Waals surface area contributed by atoms with E-state index in [1.54, 1.807) is 23.5 Å². The number of thiazole rings is 1. The van der Waals surface area contributed by atoms with E-state index in [-0.39, 0.29) is 6.04 Å². The summed E-state index contributed by atoms with van der Waals surface area (Å²) in [4.78, 5) is 4.42. The van der Waals surface area contributed by atoms with Gasteiger partial charge in [-0.2, -0.15) is 0 Å². The number of nitrogens with zero attached hydrogens (tertiary/aromatic N) is 1. The Bertz CT molecular complexity index is 522. The van der Waals surface area contributed by atoms with Crippen molar-refractivity contribution in [3.63, 3.8) is 0 Å². The molecule has 0 aliphatic heterocycles. The first kappa shape index (κ1) is 13.8. The van der Waals surface area contributed by atoms with Crippen LogP contribution in [-0.2, 0) is 6.42 Å². The van der Waals surface area contributed by atoms with E-state index < -0.39 is 0 Å². The molecule has 1 heterocycles. The van der Waals surface area contributed by atoms with E-state index >= 15 is 0 Å². The largest absolute Gasteiger partial charge is 0.271 e. The van der Waals surface area contributed by atoms with E-state index in [1.165, 1.54) is 0 Å². The number of hydrogen-bond acceptors (Lipinski definition) is 4. The highest BCUT2D eigenvalue weighted by molar-refractivity contribution is 7.09. The van der Waals surface area contributed by atoms with Gasteiger partial charge in [-0.05, 0) is 19.1 Å². The summed E-state index contributed by atoms with van der Waals surface area (Å²) in [6.07, 6.45) is 0.665. The lowest BCUT2D eigenvalue weighted by molar-refractivity contribution is 0.551. The summed E-state index contributed by atoms with van der Waals surface area (Å²) >= 11 is 14.0. The van der Waals surface area contributed by atoms with Crippen LogP contribution in [0.3, 0.4) is 0 Å². The highest BCUT2D eigenvalue weighted by atomic mass is 35.5. The van der Waals surface area contributed by atoms with Crippen LogP contribution >= 0.6 is 34.5 Å². The average Bonchev–Trinajstić information content (AvgIpc) is 2.73. The summed E-state index contributed by atoms with van der Waals surface area (Å²) in [5.41, 5.74) is 4.58. The number of rotatable bonds is 4. The number of nitrogens with one attached hydrogen (secondary N) is 1. The summed E-state index contributed by atoms with van der Waals surface area (Å²) in [6.45, 7) is 1.97. The van der Waals surface area contributed by atoms with E-state index in [9.17, 15) is 0 Å². The summed E-state index contributed by atoms with van der Waals surface area (Å²) in [7, 11) is 0. The van der Waals surface area contributed by atoms with Crippen LogP contribution in [0.4, 0.5) is 0 Å². The molecule has 3 N–H and O–H groups in total. The SMILES string of the molecule is Cc1csc(CC(NN)c2c(Cl)cccc2Cl)n1. The van der Waals surface area contributed by atoms with Gasteiger partial charge in [0.2, 0.25) is 0 Å². The van der Waals surface area contributed by atoms with Crippen molar-refractivity contribution < 1.29 is 0 Å². The molecule has 0 bridgehead atoms. The molecule has 0 saturated carbocycles. The number of hydrogen-bond donors (Lipinski definition) is 2. The predicted octanol–water partition coefficient (Wildman–Crippen LogP) is 3.51. The number of nitrogens with two attached hydrogens (primary N) is 1. The molecule has 0 aliphatic rings. The molecule has 0 saturated heterocycles. The lowest BCUT2D eigenvalue weighted by Crippen LogP contribution is -2.30. The van der Waals surface area contributed by atoms with E-state index in [4.69, 9.17) is 29.0 Å². The van der Waals surface area contributed by atoms with Crippen LogP contribution < -0.4 is 11.3 Å². The van der Waals surface area contributed by atoms with Crippen LogP contribution in [0.25, 0.3) is 0 Å². The molecule has 1 aromatic carbocycles. The molecule has 0 aliphatic carbocycles. The second-order valence-corrected chi connectivity index (χ2v) is 5.70. The van der Waals surface area contributed by atoms with Gasteiger partial charge in [0, 0.05) is 33.1 Å².